The second kappa shape index (κ2) is 9.06. The number of benzene rings is 2. The minimum absolute atomic E-state index is 0.0584. The number of halogens is 3. The van der Waals surface area contributed by atoms with Crippen LogP contribution < -0.4 is 9.47 Å². The summed E-state index contributed by atoms with van der Waals surface area (Å²) < 4.78 is 23.4. The van der Waals surface area contributed by atoms with Gasteiger partial charge in [-0.3, -0.25) is 9.36 Å². The summed E-state index contributed by atoms with van der Waals surface area (Å²) in [5, 5.41) is 0.541. The molecule has 0 unspecified atom stereocenters. The Labute approximate surface area is 193 Å². The molecule has 10 heteroatoms. The van der Waals surface area contributed by atoms with E-state index < -0.39 is 6.29 Å². The molecular formula is C21H17Cl3N2O5. The quantitative estimate of drug-likeness (QED) is 0.453. The first-order valence-electron chi connectivity index (χ1n) is 9.18. The van der Waals surface area contributed by atoms with Crippen LogP contribution in [0.5, 0.6) is 11.5 Å². The van der Waals surface area contributed by atoms with Crippen LogP contribution in [-0.4, -0.2) is 42.8 Å². The maximum Gasteiger partial charge on any atom is 0.218 e. The molecule has 0 saturated carbocycles. The van der Waals surface area contributed by atoms with Gasteiger partial charge in [0, 0.05) is 10.6 Å². The molecule has 1 saturated heterocycles. The maximum atomic E-state index is 13.6. The summed E-state index contributed by atoms with van der Waals surface area (Å²) in [6.07, 6.45) is -0.769. The lowest BCUT2D eigenvalue weighted by atomic mass is 10.00. The number of methoxy groups -OCH3 is 2. The van der Waals surface area contributed by atoms with E-state index in [-0.39, 0.29) is 21.7 Å². The molecule has 31 heavy (non-hydrogen) atoms. The van der Waals surface area contributed by atoms with Crippen molar-refractivity contribution in [1.82, 2.24) is 9.55 Å². The predicted octanol–water partition coefficient (Wildman–Crippen LogP) is 5.13. The van der Waals surface area contributed by atoms with Gasteiger partial charge < -0.3 is 18.9 Å². The second-order valence-corrected chi connectivity index (χ2v) is 7.64. The molecule has 2 aromatic carbocycles. The van der Waals surface area contributed by atoms with Gasteiger partial charge in [-0.1, -0.05) is 40.9 Å². The van der Waals surface area contributed by atoms with E-state index in [2.05, 4.69) is 4.98 Å². The molecule has 2 heterocycles. The van der Waals surface area contributed by atoms with Gasteiger partial charge in [-0.15, -0.1) is 0 Å². The SMILES string of the molecule is COc1cccc(C(=O)c2cc(Cl)ccc2-n2c(C3OCCO3)nc(Cl)c2Cl)c1OC. The lowest BCUT2D eigenvalue weighted by Gasteiger charge is -2.17. The summed E-state index contributed by atoms with van der Waals surface area (Å²) in [6, 6.07) is 9.88. The van der Waals surface area contributed by atoms with Crippen molar-refractivity contribution < 1.29 is 23.7 Å². The van der Waals surface area contributed by atoms with Crippen LogP contribution >= 0.6 is 34.8 Å². The molecule has 0 bridgehead atoms. The molecule has 1 aromatic heterocycles. The summed E-state index contributed by atoms with van der Waals surface area (Å²) in [4.78, 5) is 17.9. The zero-order valence-corrected chi connectivity index (χ0v) is 18.8. The van der Waals surface area contributed by atoms with Gasteiger partial charge in [0.25, 0.3) is 0 Å². The van der Waals surface area contributed by atoms with E-state index in [1.54, 1.807) is 36.4 Å². The first kappa shape index (κ1) is 21.9. The van der Waals surface area contributed by atoms with Gasteiger partial charge in [0.1, 0.15) is 0 Å². The first-order chi connectivity index (χ1) is 15.0. The number of aromatic nitrogens is 2. The number of imidazole rings is 1. The Hall–Kier alpha value is -2.29. The molecule has 0 radical (unpaired) electrons. The number of hydrogen-bond donors (Lipinski definition) is 0. The van der Waals surface area contributed by atoms with Crippen molar-refractivity contribution in [2.24, 2.45) is 0 Å². The summed E-state index contributed by atoms with van der Waals surface area (Å²) in [5.74, 6) is 0.697. The highest BCUT2D eigenvalue weighted by molar-refractivity contribution is 6.41. The zero-order chi connectivity index (χ0) is 22.1. The second-order valence-electron chi connectivity index (χ2n) is 6.49. The number of ether oxygens (including phenoxy) is 4. The molecule has 1 aliphatic heterocycles. The average molecular weight is 484 g/mol. The molecule has 0 N–H and O–H groups in total. The molecule has 0 aliphatic carbocycles. The molecule has 0 atom stereocenters. The third-order valence-electron chi connectivity index (χ3n) is 4.73. The largest absolute Gasteiger partial charge is 0.493 e. The van der Waals surface area contributed by atoms with Gasteiger partial charge in [0.2, 0.25) is 6.29 Å². The fraction of sp³-hybridized carbons (Fsp3) is 0.238. The van der Waals surface area contributed by atoms with Gasteiger partial charge in [0.15, 0.2) is 33.4 Å². The van der Waals surface area contributed by atoms with Crippen LogP contribution in [0, 0.1) is 0 Å². The van der Waals surface area contributed by atoms with Gasteiger partial charge in [0.05, 0.1) is 38.7 Å². The Morgan fingerprint density at radius 3 is 2.48 bits per heavy atom. The standard InChI is InChI=1S/C21H17Cl3N2O5/c1-28-15-5-3-4-12(17(15)29-2)16(27)13-10-11(22)6-7-14(13)26-19(24)18(23)25-20(26)21-30-8-9-31-21/h3-7,10,21H,8-9H2,1-2H3. The molecule has 0 amide bonds. The van der Waals surface area contributed by atoms with Crippen molar-refractivity contribution in [3.05, 3.63) is 68.7 Å². The summed E-state index contributed by atoms with van der Waals surface area (Å²) in [7, 11) is 2.96. The summed E-state index contributed by atoms with van der Waals surface area (Å²) in [6.45, 7) is 0.806. The van der Waals surface area contributed by atoms with Crippen LogP contribution in [0.2, 0.25) is 15.3 Å². The molecule has 7 nitrogen and oxygen atoms in total. The molecule has 162 valence electrons. The van der Waals surface area contributed by atoms with Gasteiger partial charge >= 0.3 is 0 Å². The number of ketones is 1. The van der Waals surface area contributed by atoms with E-state index in [0.717, 1.165) is 0 Å². The minimum Gasteiger partial charge on any atom is -0.493 e. The molecule has 1 aliphatic rings. The van der Waals surface area contributed by atoms with Crippen molar-refractivity contribution in [1.29, 1.82) is 0 Å². The van der Waals surface area contributed by atoms with E-state index >= 15 is 0 Å². The number of hydrogen-bond acceptors (Lipinski definition) is 6. The monoisotopic (exact) mass is 482 g/mol. The van der Waals surface area contributed by atoms with E-state index in [4.69, 9.17) is 53.8 Å². The van der Waals surface area contributed by atoms with Gasteiger partial charge in [-0.25, -0.2) is 4.98 Å². The smallest absolute Gasteiger partial charge is 0.218 e. The topological polar surface area (TPSA) is 71.8 Å². The van der Waals surface area contributed by atoms with Crippen LogP contribution in [0.4, 0.5) is 0 Å². The number of nitrogens with zero attached hydrogens (tertiary/aromatic N) is 2. The van der Waals surface area contributed by atoms with Crippen molar-refractivity contribution in [2.75, 3.05) is 27.4 Å². The Balaban J connectivity index is 1.91. The number of rotatable bonds is 6. The fourth-order valence-corrected chi connectivity index (χ4v) is 3.94. The van der Waals surface area contributed by atoms with Crippen molar-refractivity contribution in [3.63, 3.8) is 0 Å². The highest BCUT2D eigenvalue weighted by Crippen LogP contribution is 2.37. The third-order valence-corrected chi connectivity index (χ3v) is 5.68. The van der Waals surface area contributed by atoms with Gasteiger partial charge in [-0.05, 0) is 30.3 Å². The number of carbonyl (C=O) groups is 1. The summed E-state index contributed by atoms with van der Waals surface area (Å²) >= 11 is 18.9. The minimum atomic E-state index is -0.769. The third kappa shape index (κ3) is 4.00. The van der Waals surface area contributed by atoms with Crippen LogP contribution in [0.25, 0.3) is 5.69 Å². The van der Waals surface area contributed by atoms with Crippen molar-refractivity contribution >= 4 is 40.6 Å². The molecule has 1 fully saturated rings. The number of para-hydroxylation sites is 1. The Morgan fingerprint density at radius 2 is 1.81 bits per heavy atom. The normalized spacial score (nSPS) is 14.1. The van der Waals surface area contributed by atoms with E-state index in [1.807, 2.05) is 0 Å². The number of carbonyl (C=O) groups excluding carboxylic acids is 1. The predicted molar refractivity (Wildman–Crippen MR) is 116 cm³/mol. The Morgan fingerprint density at radius 1 is 1.06 bits per heavy atom. The Bertz CT molecular complexity index is 1140. The lowest BCUT2D eigenvalue weighted by molar-refractivity contribution is -0.0516. The molecule has 0 spiro atoms. The molecular weight excluding hydrogens is 467 g/mol. The van der Waals surface area contributed by atoms with Crippen LogP contribution in [0.15, 0.2) is 36.4 Å². The van der Waals surface area contributed by atoms with E-state index in [9.17, 15) is 4.79 Å². The van der Waals surface area contributed by atoms with Gasteiger partial charge in [-0.2, -0.15) is 0 Å². The van der Waals surface area contributed by atoms with Crippen LogP contribution in [-0.2, 0) is 9.47 Å². The first-order valence-corrected chi connectivity index (χ1v) is 10.3. The van der Waals surface area contributed by atoms with E-state index in [0.29, 0.717) is 46.8 Å². The molecule has 4 rings (SSSR count). The van der Waals surface area contributed by atoms with Crippen molar-refractivity contribution in [2.45, 2.75) is 6.29 Å². The highest BCUT2D eigenvalue weighted by Gasteiger charge is 2.30. The molecule has 3 aromatic rings. The average Bonchev–Trinajstić information content (AvgIpc) is 3.41. The fourth-order valence-electron chi connectivity index (χ4n) is 3.38. The maximum absolute atomic E-state index is 13.6. The van der Waals surface area contributed by atoms with Crippen LogP contribution in [0.3, 0.4) is 0 Å². The van der Waals surface area contributed by atoms with E-state index in [1.165, 1.54) is 18.8 Å². The Kier molecular flexibility index (Phi) is 6.41. The summed E-state index contributed by atoms with van der Waals surface area (Å²) in [5.41, 5.74) is 0.967. The highest BCUT2D eigenvalue weighted by atomic mass is 35.5. The lowest BCUT2D eigenvalue weighted by Crippen LogP contribution is -2.13. The van der Waals surface area contributed by atoms with Crippen molar-refractivity contribution in [3.8, 4) is 17.2 Å². The zero-order valence-electron chi connectivity index (χ0n) is 16.5. The van der Waals surface area contributed by atoms with Crippen LogP contribution in [0.1, 0.15) is 28.0 Å².